The Bertz CT molecular complexity index is 970. The molecule has 10 heteroatoms. The number of halogens is 2. The SMILES string of the molecule is NC(=O)C1CCCN(c2ccc(NC(=O)CCNC(=O)c3ccc(F)cc3Cl)cn2)C1. The molecule has 1 unspecified atom stereocenters. The zero-order valence-corrected chi connectivity index (χ0v) is 17.5. The van der Waals surface area contributed by atoms with Crippen molar-refractivity contribution in [1.82, 2.24) is 10.3 Å². The highest BCUT2D eigenvalue weighted by atomic mass is 35.5. The van der Waals surface area contributed by atoms with Gasteiger partial charge in [0.25, 0.3) is 5.91 Å². The highest BCUT2D eigenvalue weighted by molar-refractivity contribution is 6.33. The number of rotatable bonds is 7. The van der Waals surface area contributed by atoms with Crippen LogP contribution in [0.25, 0.3) is 0 Å². The number of carbonyl (C=O) groups is 3. The number of amides is 3. The zero-order valence-electron chi connectivity index (χ0n) is 16.7. The lowest BCUT2D eigenvalue weighted by molar-refractivity contribution is -0.122. The summed E-state index contributed by atoms with van der Waals surface area (Å²) in [7, 11) is 0. The van der Waals surface area contributed by atoms with Crippen LogP contribution in [0.4, 0.5) is 15.9 Å². The molecule has 0 aliphatic carbocycles. The van der Waals surface area contributed by atoms with Gasteiger partial charge < -0.3 is 21.3 Å². The monoisotopic (exact) mass is 447 g/mol. The lowest BCUT2D eigenvalue weighted by Gasteiger charge is -2.32. The second kappa shape index (κ2) is 10.2. The van der Waals surface area contributed by atoms with Crippen molar-refractivity contribution in [1.29, 1.82) is 0 Å². The molecule has 164 valence electrons. The van der Waals surface area contributed by atoms with Crippen molar-refractivity contribution in [2.45, 2.75) is 19.3 Å². The highest BCUT2D eigenvalue weighted by Crippen LogP contribution is 2.22. The van der Waals surface area contributed by atoms with Gasteiger partial charge >= 0.3 is 0 Å². The van der Waals surface area contributed by atoms with Crippen molar-refractivity contribution < 1.29 is 18.8 Å². The quantitative estimate of drug-likeness (QED) is 0.602. The summed E-state index contributed by atoms with van der Waals surface area (Å²) in [5.41, 5.74) is 6.07. The van der Waals surface area contributed by atoms with Crippen LogP contribution in [0.15, 0.2) is 36.5 Å². The van der Waals surface area contributed by atoms with Gasteiger partial charge in [-0.25, -0.2) is 9.37 Å². The molecule has 8 nitrogen and oxygen atoms in total. The van der Waals surface area contributed by atoms with Crippen LogP contribution in [0.3, 0.4) is 0 Å². The first-order chi connectivity index (χ1) is 14.8. The lowest BCUT2D eigenvalue weighted by Crippen LogP contribution is -2.41. The van der Waals surface area contributed by atoms with Crippen molar-refractivity contribution in [3.63, 3.8) is 0 Å². The largest absolute Gasteiger partial charge is 0.369 e. The third kappa shape index (κ3) is 6.14. The summed E-state index contributed by atoms with van der Waals surface area (Å²) in [5.74, 6) is -1.09. The minimum atomic E-state index is -0.534. The molecule has 3 amide bonds. The Balaban J connectivity index is 1.46. The number of hydrogen-bond donors (Lipinski definition) is 3. The second-order valence-electron chi connectivity index (χ2n) is 7.27. The number of piperidine rings is 1. The number of pyridine rings is 1. The summed E-state index contributed by atoms with van der Waals surface area (Å²) < 4.78 is 13.1. The van der Waals surface area contributed by atoms with Gasteiger partial charge in [0.1, 0.15) is 11.6 Å². The third-order valence-corrected chi connectivity index (χ3v) is 5.31. The van der Waals surface area contributed by atoms with Gasteiger partial charge in [-0.2, -0.15) is 0 Å². The maximum absolute atomic E-state index is 13.1. The molecule has 0 saturated carbocycles. The van der Waals surface area contributed by atoms with E-state index in [4.69, 9.17) is 17.3 Å². The summed E-state index contributed by atoms with van der Waals surface area (Å²) in [4.78, 5) is 42.0. The number of anilines is 2. The number of nitrogens with zero attached hydrogens (tertiary/aromatic N) is 2. The Hall–Kier alpha value is -3.20. The predicted molar refractivity (Wildman–Crippen MR) is 115 cm³/mol. The molecule has 0 radical (unpaired) electrons. The molecule has 0 bridgehead atoms. The number of nitrogens with one attached hydrogen (secondary N) is 2. The van der Waals surface area contributed by atoms with Crippen LogP contribution in [-0.2, 0) is 9.59 Å². The van der Waals surface area contributed by atoms with E-state index in [0.717, 1.165) is 31.5 Å². The van der Waals surface area contributed by atoms with Gasteiger partial charge in [-0.15, -0.1) is 0 Å². The minimum Gasteiger partial charge on any atom is -0.369 e. The zero-order chi connectivity index (χ0) is 22.4. The van der Waals surface area contributed by atoms with Crippen LogP contribution in [0.2, 0.25) is 5.02 Å². The molecule has 3 rings (SSSR count). The van der Waals surface area contributed by atoms with Gasteiger partial charge in [-0.1, -0.05) is 11.6 Å². The van der Waals surface area contributed by atoms with Gasteiger partial charge in [-0.05, 0) is 43.2 Å². The van der Waals surface area contributed by atoms with Crippen molar-refractivity contribution in [2.75, 3.05) is 29.9 Å². The molecule has 1 aromatic carbocycles. The van der Waals surface area contributed by atoms with Crippen LogP contribution < -0.4 is 21.3 Å². The molecular weight excluding hydrogens is 425 g/mol. The molecule has 1 aromatic heterocycles. The fourth-order valence-corrected chi connectivity index (χ4v) is 3.60. The Morgan fingerprint density at radius 2 is 2.06 bits per heavy atom. The van der Waals surface area contributed by atoms with Crippen molar-refractivity contribution in [2.24, 2.45) is 11.7 Å². The maximum atomic E-state index is 13.1. The van der Waals surface area contributed by atoms with Crippen LogP contribution >= 0.6 is 11.6 Å². The fourth-order valence-electron chi connectivity index (χ4n) is 3.35. The molecule has 1 atom stereocenters. The first-order valence-electron chi connectivity index (χ1n) is 9.87. The Kier molecular flexibility index (Phi) is 7.41. The predicted octanol–water partition coefficient (Wildman–Crippen LogP) is 2.33. The first-order valence-corrected chi connectivity index (χ1v) is 10.2. The number of carbonyl (C=O) groups excluding carboxylic acids is 3. The third-order valence-electron chi connectivity index (χ3n) is 4.99. The van der Waals surface area contributed by atoms with Gasteiger partial charge in [0.2, 0.25) is 11.8 Å². The van der Waals surface area contributed by atoms with Crippen molar-refractivity contribution in [3.8, 4) is 0 Å². The van der Waals surface area contributed by atoms with Crippen molar-refractivity contribution >= 4 is 40.8 Å². The molecule has 1 fully saturated rings. The first kappa shape index (κ1) is 22.5. The molecule has 4 N–H and O–H groups in total. The van der Waals surface area contributed by atoms with Crippen molar-refractivity contribution in [3.05, 3.63) is 52.9 Å². The number of aromatic nitrogens is 1. The second-order valence-corrected chi connectivity index (χ2v) is 7.68. The van der Waals surface area contributed by atoms with E-state index in [2.05, 4.69) is 15.6 Å². The summed E-state index contributed by atoms with van der Waals surface area (Å²) >= 11 is 5.85. The average Bonchev–Trinajstić information content (AvgIpc) is 2.74. The van der Waals surface area contributed by atoms with Gasteiger partial charge in [0.05, 0.1) is 28.4 Å². The average molecular weight is 448 g/mol. The standard InChI is InChI=1S/C21H23ClFN5O3/c22-17-10-14(23)3-5-16(17)21(31)25-8-7-19(29)27-15-4-6-18(26-11-15)28-9-1-2-13(12-28)20(24)30/h3-6,10-11,13H,1-2,7-9,12H2,(H2,24,30)(H,25,31)(H,27,29). The summed E-state index contributed by atoms with van der Waals surface area (Å²) in [6.45, 7) is 1.41. The molecule has 31 heavy (non-hydrogen) atoms. The van der Waals surface area contributed by atoms with Gasteiger partial charge in [0.15, 0.2) is 0 Å². The van der Waals surface area contributed by atoms with E-state index in [-0.39, 0.29) is 41.3 Å². The Morgan fingerprint density at radius 1 is 1.26 bits per heavy atom. The minimum absolute atomic E-state index is 0.00368. The topological polar surface area (TPSA) is 117 Å². The Labute approximate surface area is 184 Å². The van der Waals surface area contributed by atoms with E-state index in [9.17, 15) is 18.8 Å². The number of hydrogen-bond acceptors (Lipinski definition) is 5. The molecule has 2 aromatic rings. The number of primary amides is 1. The van der Waals surface area contributed by atoms with Gasteiger partial charge in [0, 0.05) is 26.1 Å². The molecule has 1 aliphatic heterocycles. The van der Waals surface area contributed by atoms with Crippen LogP contribution in [-0.4, -0.2) is 42.3 Å². The molecule has 1 aliphatic rings. The lowest BCUT2D eigenvalue weighted by atomic mass is 9.97. The molecule has 2 heterocycles. The molecule has 1 saturated heterocycles. The van der Waals surface area contributed by atoms with E-state index in [1.54, 1.807) is 12.1 Å². The summed E-state index contributed by atoms with van der Waals surface area (Å²) in [5, 5.41) is 5.29. The number of nitrogens with two attached hydrogens (primary N) is 1. The van der Waals surface area contributed by atoms with Crippen LogP contribution in [0.1, 0.15) is 29.6 Å². The molecular formula is C21H23ClFN5O3. The van der Waals surface area contributed by atoms with E-state index in [0.29, 0.717) is 18.1 Å². The van der Waals surface area contributed by atoms with Crippen LogP contribution in [0.5, 0.6) is 0 Å². The van der Waals surface area contributed by atoms with Crippen LogP contribution in [0, 0.1) is 11.7 Å². The van der Waals surface area contributed by atoms with E-state index < -0.39 is 11.7 Å². The normalized spacial score (nSPS) is 15.9. The maximum Gasteiger partial charge on any atom is 0.252 e. The highest BCUT2D eigenvalue weighted by Gasteiger charge is 2.24. The summed E-state index contributed by atoms with van der Waals surface area (Å²) in [6, 6.07) is 6.98. The smallest absolute Gasteiger partial charge is 0.252 e. The van der Waals surface area contributed by atoms with E-state index in [1.807, 2.05) is 4.90 Å². The molecule has 0 spiro atoms. The van der Waals surface area contributed by atoms with E-state index in [1.165, 1.54) is 12.3 Å². The summed E-state index contributed by atoms with van der Waals surface area (Å²) in [6.07, 6.45) is 3.23. The van der Waals surface area contributed by atoms with E-state index >= 15 is 0 Å². The van der Waals surface area contributed by atoms with Gasteiger partial charge in [-0.3, -0.25) is 14.4 Å². The number of benzene rings is 1. The Morgan fingerprint density at radius 3 is 2.74 bits per heavy atom. The fraction of sp³-hybridized carbons (Fsp3) is 0.333.